The quantitative estimate of drug-likeness (QED) is 0.603. The first-order valence-electron chi connectivity index (χ1n) is 11.3. The van der Waals surface area contributed by atoms with Gasteiger partial charge in [0.25, 0.3) is 5.91 Å². The van der Waals surface area contributed by atoms with Crippen molar-refractivity contribution in [3.63, 3.8) is 0 Å². The molecule has 1 N–H and O–H groups in total. The summed E-state index contributed by atoms with van der Waals surface area (Å²) in [5.41, 5.74) is 1.75. The fourth-order valence-corrected chi connectivity index (χ4v) is 4.61. The minimum atomic E-state index is -4.43. The standard InChI is InChI=1S/C24H25F3N6O/c1-14-3-5-20(33-8-7-15(2)31-33)22(30-14)23(34)32-13-17-9-16(17)10-19(32)12-29-21-6-4-18(11-28-21)24(25,26)27/h3-8,11,16-17,19H,9-10,12-13H2,1-2H3,(H,28,29)/t16-,17+,19+/m1/s1. The van der Waals surface area contributed by atoms with Gasteiger partial charge in [-0.05, 0) is 68.9 Å². The normalized spacial score (nSPS) is 21.8. The summed E-state index contributed by atoms with van der Waals surface area (Å²) in [7, 11) is 0. The highest BCUT2D eigenvalue weighted by molar-refractivity contribution is 5.96. The number of hydrogen-bond donors (Lipinski definition) is 1. The van der Waals surface area contributed by atoms with Gasteiger partial charge in [0.2, 0.25) is 0 Å². The van der Waals surface area contributed by atoms with Gasteiger partial charge < -0.3 is 10.2 Å². The number of aryl methyl sites for hydroxylation is 2. The summed E-state index contributed by atoms with van der Waals surface area (Å²) in [6.45, 7) is 4.77. The monoisotopic (exact) mass is 470 g/mol. The molecule has 0 aromatic carbocycles. The first kappa shape index (κ1) is 22.4. The number of anilines is 1. The lowest BCUT2D eigenvalue weighted by atomic mass is 10.0. The van der Waals surface area contributed by atoms with Gasteiger partial charge in [-0.2, -0.15) is 18.3 Å². The lowest BCUT2D eigenvalue weighted by Gasteiger charge is -2.36. The molecule has 3 aromatic rings. The van der Waals surface area contributed by atoms with E-state index in [1.54, 1.807) is 10.9 Å². The van der Waals surface area contributed by atoms with E-state index in [0.29, 0.717) is 42.1 Å². The highest BCUT2D eigenvalue weighted by atomic mass is 19.4. The Morgan fingerprint density at radius 1 is 1.09 bits per heavy atom. The predicted octanol–water partition coefficient (Wildman–Crippen LogP) is 4.26. The minimum absolute atomic E-state index is 0.116. The number of nitrogens with zero attached hydrogens (tertiary/aromatic N) is 5. The fraction of sp³-hybridized carbons (Fsp3) is 0.417. The number of aromatic nitrogens is 4. The second kappa shape index (κ2) is 8.41. The molecule has 1 amide bonds. The number of halogens is 3. The topological polar surface area (TPSA) is 75.9 Å². The SMILES string of the molecule is Cc1ccc(-n2ccc(C)n2)c(C(=O)N2C[C@@H]3C[C@@H]3C[C@H]2CNc2ccc(C(F)(F)F)cn2)n1. The highest BCUT2D eigenvalue weighted by Gasteiger charge is 2.47. The van der Waals surface area contributed by atoms with Gasteiger partial charge in [0.05, 0.1) is 16.9 Å². The molecule has 0 spiro atoms. The zero-order valence-corrected chi connectivity index (χ0v) is 18.9. The van der Waals surface area contributed by atoms with Crippen LogP contribution in [0.15, 0.2) is 42.7 Å². The Bertz CT molecular complexity index is 1210. The molecule has 5 rings (SSSR count). The Morgan fingerprint density at radius 2 is 1.91 bits per heavy atom. The van der Waals surface area contributed by atoms with Crippen molar-refractivity contribution in [1.82, 2.24) is 24.6 Å². The summed E-state index contributed by atoms with van der Waals surface area (Å²) >= 11 is 0. The maximum absolute atomic E-state index is 13.7. The lowest BCUT2D eigenvalue weighted by Crippen LogP contribution is -2.48. The predicted molar refractivity (Wildman–Crippen MR) is 120 cm³/mol. The molecule has 3 atom stereocenters. The van der Waals surface area contributed by atoms with Crippen LogP contribution in [0.25, 0.3) is 5.69 Å². The fourth-order valence-electron chi connectivity index (χ4n) is 4.61. The van der Waals surface area contributed by atoms with Crippen molar-refractivity contribution in [2.75, 3.05) is 18.4 Å². The molecule has 7 nitrogen and oxygen atoms in total. The first-order valence-corrected chi connectivity index (χ1v) is 11.3. The molecule has 4 heterocycles. The van der Waals surface area contributed by atoms with Crippen molar-refractivity contribution in [3.8, 4) is 5.69 Å². The van der Waals surface area contributed by atoms with E-state index in [1.165, 1.54) is 6.07 Å². The summed E-state index contributed by atoms with van der Waals surface area (Å²) in [4.78, 5) is 24.1. The third kappa shape index (κ3) is 4.49. The molecule has 1 aliphatic carbocycles. The number of alkyl halides is 3. The van der Waals surface area contributed by atoms with Crippen molar-refractivity contribution in [2.24, 2.45) is 11.8 Å². The number of nitrogens with one attached hydrogen (secondary N) is 1. The van der Waals surface area contributed by atoms with Crippen LogP contribution >= 0.6 is 0 Å². The highest BCUT2D eigenvalue weighted by Crippen LogP contribution is 2.47. The van der Waals surface area contributed by atoms with Gasteiger partial charge in [-0.15, -0.1) is 0 Å². The number of pyridine rings is 2. The van der Waals surface area contributed by atoms with Gasteiger partial charge in [-0.25, -0.2) is 14.6 Å². The number of rotatable bonds is 5. The Hall–Kier alpha value is -3.43. The maximum atomic E-state index is 13.7. The van der Waals surface area contributed by atoms with Crippen LogP contribution < -0.4 is 5.32 Å². The number of piperidine rings is 1. The molecule has 0 bridgehead atoms. The second-order valence-corrected chi connectivity index (χ2v) is 9.14. The van der Waals surface area contributed by atoms with E-state index in [-0.39, 0.29) is 11.9 Å². The summed E-state index contributed by atoms with van der Waals surface area (Å²) in [6.07, 6.45) is 0.126. The summed E-state index contributed by atoms with van der Waals surface area (Å²) in [5, 5.41) is 7.57. The van der Waals surface area contributed by atoms with Crippen LogP contribution in [0, 0.1) is 25.7 Å². The average molecular weight is 470 g/mol. The molecule has 0 unspecified atom stereocenters. The Morgan fingerprint density at radius 3 is 2.59 bits per heavy atom. The molecular weight excluding hydrogens is 445 g/mol. The third-order valence-corrected chi connectivity index (χ3v) is 6.57. The van der Waals surface area contributed by atoms with Crippen molar-refractivity contribution in [1.29, 1.82) is 0 Å². The number of carbonyl (C=O) groups is 1. The Balaban J connectivity index is 1.37. The molecule has 1 aliphatic heterocycles. The summed E-state index contributed by atoms with van der Waals surface area (Å²) in [6, 6.07) is 7.78. The Labute approximate surface area is 195 Å². The van der Waals surface area contributed by atoms with Crippen LogP contribution in [-0.4, -0.2) is 49.7 Å². The van der Waals surface area contributed by atoms with E-state index in [1.807, 2.05) is 36.9 Å². The molecule has 2 fully saturated rings. The van der Waals surface area contributed by atoms with Crippen LogP contribution in [0.4, 0.5) is 19.0 Å². The molecule has 10 heteroatoms. The van der Waals surface area contributed by atoms with Crippen molar-refractivity contribution >= 4 is 11.7 Å². The maximum Gasteiger partial charge on any atom is 0.417 e. The van der Waals surface area contributed by atoms with E-state index in [0.717, 1.165) is 36.5 Å². The third-order valence-electron chi connectivity index (χ3n) is 6.57. The lowest BCUT2D eigenvalue weighted by molar-refractivity contribution is -0.137. The zero-order valence-electron chi connectivity index (χ0n) is 18.9. The van der Waals surface area contributed by atoms with Crippen molar-refractivity contribution < 1.29 is 18.0 Å². The summed E-state index contributed by atoms with van der Waals surface area (Å²) in [5.74, 6) is 1.25. The van der Waals surface area contributed by atoms with Gasteiger partial charge in [-0.3, -0.25) is 4.79 Å². The Kier molecular flexibility index (Phi) is 5.53. The number of carbonyl (C=O) groups excluding carboxylic acids is 1. The van der Waals surface area contributed by atoms with Gasteiger partial charge >= 0.3 is 6.18 Å². The van der Waals surface area contributed by atoms with Gasteiger partial charge in [0.1, 0.15) is 5.82 Å². The van der Waals surface area contributed by atoms with E-state index in [4.69, 9.17) is 0 Å². The van der Waals surface area contributed by atoms with Crippen LogP contribution in [0.2, 0.25) is 0 Å². The van der Waals surface area contributed by atoms with Crippen molar-refractivity contribution in [2.45, 2.75) is 38.9 Å². The van der Waals surface area contributed by atoms with Crippen LogP contribution in [0.5, 0.6) is 0 Å². The number of fused-ring (bicyclic) bond motifs is 1. The van der Waals surface area contributed by atoms with Gasteiger partial charge in [0, 0.05) is 37.2 Å². The molecular formula is C24H25F3N6O. The van der Waals surface area contributed by atoms with E-state index >= 15 is 0 Å². The minimum Gasteiger partial charge on any atom is -0.368 e. The van der Waals surface area contributed by atoms with Gasteiger partial charge in [-0.1, -0.05) is 0 Å². The van der Waals surface area contributed by atoms with Gasteiger partial charge in [0.15, 0.2) is 5.69 Å². The second-order valence-electron chi connectivity index (χ2n) is 9.14. The van der Waals surface area contributed by atoms with E-state index in [2.05, 4.69) is 20.4 Å². The first-order chi connectivity index (χ1) is 16.2. The molecule has 1 saturated carbocycles. The molecule has 0 radical (unpaired) electrons. The average Bonchev–Trinajstić information content (AvgIpc) is 3.44. The number of hydrogen-bond acceptors (Lipinski definition) is 5. The molecule has 3 aromatic heterocycles. The molecule has 178 valence electrons. The number of likely N-dealkylation sites (tertiary alicyclic amines) is 1. The molecule has 2 aliphatic rings. The number of amides is 1. The summed E-state index contributed by atoms with van der Waals surface area (Å²) < 4.78 is 40.1. The van der Waals surface area contributed by atoms with Crippen molar-refractivity contribution in [3.05, 3.63) is 65.4 Å². The van der Waals surface area contributed by atoms with E-state index in [9.17, 15) is 18.0 Å². The van der Waals surface area contributed by atoms with Crippen LogP contribution in [-0.2, 0) is 6.18 Å². The molecule has 1 saturated heterocycles. The van der Waals surface area contributed by atoms with Crippen LogP contribution in [0.3, 0.4) is 0 Å². The largest absolute Gasteiger partial charge is 0.417 e. The smallest absolute Gasteiger partial charge is 0.368 e. The van der Waals surface area contributed by atoms with E-state index < -0.39 is 11.7 Å². The van der Waals surface area contributed by atoms with Crippen LogP contribution in [0.1, 0.15) is 40.3 Å². The zero-order chi connectivity index (χ0) is 24.0. The molecule has 34 heavy (non-hydrogen) atoms.